The molecule has 13 aromatic rings. The van der Waals surface area contributed by atoms with E-state index in [1.165, 1.54) is 53.3 Å². The number of carbonyl (C=O) groups is 1. The SMILES string of the molecule is CN(C)c1ccc(-c2cn3cc(SCC[18F])ccc3n2)cc1.CN(C)c1ccc(-c2cn3cc(SC[18F])ccc3n2)cc1.CN(C)c1ccc(-c2cn3cc(S[11CH3])ccc3n2)cc1.COC(=O)CCSc1ccc2nc(-c3ccc(N(C)C)cc3)cn2c1.Cc1ccc(S(=O)(=O)OCC[18F])cc1.[18F]CBr. The van der Waals surface area contributed by atoms with Crippen molar-refractivity contribution in [2.24, 2.45) is 0 Å². The van der Waals surface area contributed by atoms with Gasteiger partial charge in [0.05, 0.1) is 54.5 Å². The van der Waals surface area contributed by atoms with E-state index in [2.05, 4.69) is 197 Å². The largest absolute Gasteiger partial charge is 0.469 e. The molecule has 0 amide bonds. The van der Waals surface area contributed by atoms with Gasteiger partial charge >= 0.3 is 5.97 Å². The minimum absolute atomic E-state index is 0.0524. The van der Waals surface area contributed by atoms with Crippen molar-refractivity contribution in [1.82, 2.24) is 37.5 Å². The van der Waals surface area contributed by atoms with Gasteiger partial charge in [0.2, 0.25) is 0 Å². The lowest BCUT2D eigenvalue weighted by Crippen LogP contribution is -2.08. The van der Waals surface area contributed by atoms with Crippen molar-refractivity contribution in [3.8, 4) is 45.0 Å². The molecule has 0 N–H and O–H groups in total. The molecule has 5 aromatic carbocycles. The Morgan fingerprint density at radius 1 is 0.438 bits per heavy atom. The molecule has 0 aliphatic heterocycles. The Bertz CT molecular complexity index is 4970. The number of nitrogens with zero attached hydrogens (tertiary/aromatic N) is 12. The van der Waals surface area contributed by atoms with Crippen molar-refractivity contribution in [2.75, 3.05) is 132 Å². The Hall–Kier alpha value is -8.96. The third-order valence-corrected chi connectivity index (χ3v) is 20.3. The predicted octanol–water partition coefficient (Wildman–Crippen LogP) is 18.7. The summed E-state index contributed by atoms with van der Waals surface area (Å²) in [5.74, 6) is 1.00. The van der Waals surface area contributed by atoms with Crippen LogP contribution in [0.4, 0.5) is 40.3 Å². The number of anilines is 4. The second kappa shape index (κ2) is 40.5. The van der Waals surface area contributed by atoms with Crippen LogP contribution >= 0.6 is 63.0 Å². The molecule has 27 heteroatoms. The molecule has 0 aliphatic carbocycles. The van der Waals surface area contributed by atoms with Crippen molar-refractivity contribution in [2.45, 2.75) is 37.8 Å². The average Bonchev–Trinajstić information content (AvgIpc) is 1.69. The number of halogens is 5. The Morgan fingerprint density at radius 2 is 0.752 bits per heavy atom. The number of carbonyl (C=O) groups excluding carboxylic acids is 1. The normalized spacial score (nSPS) is 10.9. The van der Waals surface area contributed by atoms with Crippen LogP contribution in [0.2, 0.25) is 0 Å². The zero-order valence-electron chi connectivity index (χ0n) is 60.3. The molecule has 0 saturated heterocycles. The maximum Gasteiger partial charge on any atom is 0.306 e. The zero-order chi connectivity index (χ0) is 75.6. The molecule has 0 saturated carbocycles. The van der Waals surface area contributed by atoms with Crippen molar-refractivity contribution in [3.05, 3.63) is 225 Å². The van der Waals surface area contributed by atoms with Gasteiger partial charge in [-0.25, -0.2) is 33.1 Å². The fraction of sp³-hybridized carbons (Fsp3) is 0.244. The molecule has 0 atom stereocenters. The molecule has 0 spiro atoms. The number of thioether (sulfide) groups is 4. The Morgan fingerprint density at radius 3 is 1.05 bits per heavy atom. The summed E-state index contributed by atoms with van der Waals surface area (Å²) in [6, 6.07) is 55.2. The highest BCUT2D eigenvalue weighted by Crippen LogP contribution is 2.30. The number of hydrogen-bond donors (Lipinski definition) is 0. The van der Waals surface area contributed by atoms with E-state index in [1.54, 1.807) is 35.7 Å². The summed E-state index contributed by atoms with van der Waals surface area (Å²) in [6.45, 7) is 0.288. The van der Waals surface area contributed by atoms with Crippen molar-refractivity contribution in [3.63, 3.8) is 0 Å². The lowest BCUT2D eigenvalue weighted by molar-refractivity contribution is -0.140. The number of methoxy groups -OCH3 is 1. The molecule has 8 aromatic heterocycles. The summed E-state index contributed by atoms with van der Waals surface area (Å²) >= 11 is 8.55. The number of fused-ring (bicyclic) bond motifs is 4. The van der Waals surface area contributed by atoms with Gasteiger partial charge in [0.15, 0.2) is 0 Å². The number of rotatable bonds is 22. The molecule has 0 radical (unpaired) electrons. The number of ether oxygens (including phenoxy) is 1. The fourth-order valence-corrected chi connectivity index (χ4v) is 13.3. The molecule has 105 heavy (non-hydrogen) atoms. The first-order chi connectivity index (χ1) is 50.5. The summed E-state index contributed by atoms with van der Waals surface area (Å²) in [7, 11) is 13.9. The Kier molecular flexibility index (Phi) is 31.5. The van der Waals surface area contributed by atoms with Crippen molar-refractivity contribution >= 4 is 124 Å². The number of alkyl halides is 5. The van der Waals surface area contributed by atoms with Crippen LogP contribution in [-0.2, 0) is 23.8 Å². The van der Waals surface area contributed by atoms with Gasteiger partial charge in [0.25, 0.3) is 10.1 Å². The predicted molar refractivity (Wildman–Crippen MR) is 433 cm³/mol. The summed E-state index contributed by atoms with van der Waals surface area (Å²) < 4.78 is 86.3. The molecule has 552 valence electrons. The summed E-state index contributed by atoms with van der Waals surface area (Å²) in [4.78, 5) is 42.4. The fourth-order valence-electron chi connectivity index (χ4n) is 10.0. The first kappa shape index (κ1) is 81.7. The van der Waals surface area contributed by atoms with Crippen LogP contribution in [-0.4, -0.2) is 165 Å². The van der Waals surface area contributed by atoms with Crippen LogP contribution in [0, 0.1) is 6.92 Å². The summed E-state index contributed by atoms with van der Waals surface area (Å²) in [5, 5.41) is 0. The van der Waals surface area contributed by atoms with Gasteiger partial charge in [0.1, 0.15) is 40.9 Å². The monoisotopic (exact) mass is 1580 g/mol. The van der Waals surface area contributed by atoms with Crippen LogP contribution in [0.25, 0.3) is 67.6 Å². The Balaban J connectivity index is 0.000000166. The smallest absolute Gasteiger partial charge is 0.306 e. The molecule has 8 heterocycles. The lowest BCUT2D eigenvalue weighted by atomic mass is 10.1. The highest BCUT2D eigenvalue weighted by atomic mass is 79.9. The van der Waals surface area contributed by atoms with Crippen LogP contribution in [0.1, 0.15) is 12.0 Å². The van der Waals surface area contributed by atoms with Crippen molar-refractivity contribution < 1.29 is 39.7 Å². The Labute approximate surface area is 637 Å². The zero-order valence-corrected chi connectivity index (χ0v) is 65.9. The number of aryl methyl sites for hydroxylation is 1. The molecule has 0 aliphatic rings. The quantitative estimate of drug-likeness (QED) is 0.0208. The van der Waals surface area contributed by atoms with Gasteiger partial charge in [-0.05, 0) is 122 Å². The molecule has 17 nitrogen and oxygen atoms in total. The van der Waals surface area contributed by atoms with E-state index in [4.69, 9.17) is 0 Å². The first-order valence-electron chi connectivity index (χ1n) is 32.9. The van der Waals surface area contributed by atoms with Gasteiger partial charge in [-0.1, -0.05) is 93.9 Å². The number of pyridine rings is 4. The second-order valence-corrected chi connectivity index (χ2v) is 30.1. The van der Waals surface area contributed by atoms with E-state index in [-0.39, 0.29) is 17.5 Å². The van der Waals surface area contributed by atoms with E-state index in [9.17, 15) is 30.8 Å². The average molecular weight is 1580 g/mol. The standard InChI is InChI=1S/C19H21N3O2S.C17H18FN3S.C16H16FN3S.C16H17N3S.C9H11FO3S.CH2BrF/c1-21(2)15-6-4-14(5-7-15)17-13-22-12-16(8-9-18(22)20-17)25-11-10-19(23)24-3;1-20(2)14-5-3-13(4-6-14)16-12-21-11-15(22-10-9-18)7-8-17(21)19-16;1-19(2)13-5-3-12(4-6-13)15-10-20-9-14(21-11-17)7-8-16(20)18-15;1-18(2)13-6-4-12(5-7-13)15-11-19-10-14(20-3)8-9-16(19)17-15;1-8-2-4-9(5-3-8)14(11,12)13-7-6-10;2-1-3/h4-9,12-13H,10-11H2,1-3H3;3-8,11-12H,9-10H2,1-2H3;3-10H,11H2,1-2H3;4-11H,1-3H3;2-5H,6-7H2,1H3;1H2/i;18-1;17-1;3-1;10-1;3-1. The number of imidazole rings is 4. The number of hydrogen-bond acceptors (Lipinski definition) is 17. The van der Waals surface area contributed by atoms with E-state index in [0.717, 1.165) is 105 Å². The number of benzene rings is 5. The maximum atomic E-state index is 12.4. The van der Waals surface area contributed by atoms with Gasteiger partial charge in [-0.2, -0.15) is 8.42 Å². The number of esters is 1. The highest BCUT2D eigenvalue weighted by molar-refractivity contribution is 9.09. The molecule has 0 bridgehead atoms. The van der Waals surface area contributed by atoms with Crippen molar-refractivity contribution in [1.29, 1.82) is 0 Å². The molecular weight excluding hydrogens is 1500 g/mol. The van der Waals surface area contributed by atoms with Gasteiger partial charge in [-0.3, -0.25) is 13.4 Å². The van der Waals surface area contributed by atoms with Crippen LogP contribution in [0.5, 0.6) is 0 Å². The minimum atomic E-state index is -3.78. The maximum absolute atomic E-state index is 12.4. The minimum Gasteiger partial charge on any atom is -0.469 e. The van der Waals surface area contributed by atoms with Crippen LogP contribution in [0.15, 0.2) is 244 Å². The van der Waals surface area contributed by atoms with E-state index in [1.807, 2.05) is 150 Å². The van der Waals surface area contributed by atoms with Gasteiger partial charge in [-0.15, -0.1) is 35.3 Å². The topological polar surface area (TPSA) is 152 Å². The van der Waals surface area contributed by atoms with E-state index < -0.39 is 35.0 Å². The van der Waals surface area contributed by atoms with E-state index in [0.29, 0.717) is 17.9 Å². The van der Waals surface area contributed by atoms with Gasteiger partial charge in [0, 0.05) is 182 Å². The molecule has 13 rings (SSSR count). The molecular formula is C78H85BrF4N12O5S5. The lowest BCUT2D eigenvalue weighted by Gasteiger charge is -2.12. The molecule has 0 unspecified atom stereocenters. The third-order valence-electron chi connectivity index (χ3n) is 15.6. The molecule has 0 fully saturated rings. The third kappa shape index (κ3) is 24.0. The first-order valence-corrected chi connectivity index (χ1v) is 39.6. The summed E-state index contributed by atoms with van der Waals surface area (Å²) in [6.07, 6.45) is 18.7. The highest BCUT2D eigenvalue weighted by Gasteiger charge is 2.15. The van der Waals surface area contributed by atoms with E-state index >= 15 is 0 Å². The summed E-state index contributed by atoms with van der Waals surface area (Å²) in [5.41, 5.74) is 17.1. The number of aromatic nitrogens is 8. The van der Waals surface area contributed by atoms with Crippen LogP contribution in [0.3, 0.4) is 0 Å². The second-order valence-electron chi connectivity index (χ2n) is 23.8. The van der Waals surface area contributed by atoms with Crippen LogP contribution < -0.4 is 19.6 Å². The van der Waals surface area contributed by atoms with Gasteiger partial charge < -0.3 is 41.9 Å².